The Morgan fingerprint density at radius 1 is 1.19 bits per heavy atom. The van der Waals surface area contributed by atoms with E-state index in [9.17, 15) is 4.79 Å². The topological polar surface area (TPSA) is 64.1 Å². The maximum absolute atomic E-state index is 12.7. The molecule has 1 N–H and O–H groups in total. The average Bonchev–Trinajstić information content (AvgIpc) is 3.17. The predicted molar refractivity (Wildman–Crippen MR) is 104 cm³/mol. The number of nitrogens with one attached hydrogen (secondary N) is 1. The molecule has 0 fully saturated rings. The SMILES string of the molecule is COc1cccc(-c2nnsc2C(=O)N[C@H](C)CCc2ccccc2)c1. The lowest BCUT2D eigenvalue weighted by Gasteiger charge is -2.13. The van der Waals surface area contributed by atoms with E-state index < -0.39 is 0 Å². The van der Waals surface area contributed by atoms with Gasteiger partial charge in [-0.25, -0.2) is 0 Å². The first-order valence-electron chi connectivity index (χ1n) is 8.49. The fourth-order valence-corrected chi connectivity index (χ4v) is 3.28. The molecule has 1 atom stereocenters. The molecule has 3 aromatic rings. The number of carbonyl (C=O) groups is 1. The molecule has 2 aromatic carbocycles. The highest BCUT2D eigenvalue weighted by Gasteiger charge is 2.19. The second-order valence-electron chi connectivity index (χ2n) is 6.08. The lowest BCUT2D eigenvalue weighted by molar-refractivity contribution is 0.0943. The standard InChI is InChI=1S/C20H21N3O2S/c1-14(11-12-15-7-4-3-5-8-15)21-20(24)19-18(22-23-26-19)16-9-6-10-17(13-16)25-2/h3-10,13-14H,11-12H2,1-2H3,(H,21,24)/t14-/m1/s1. The third kappa shape index (κ3) is 4.46. The zero-order chi connectivity index (χ0) is 18.4. The summed E-state index contributed by atoms with van der Waals surface area (Å²) in [7, 11) is 1.61. The molecule has 0 spiro atoms. The summed E-state index contributed by atoms with van der Waals surface area (Å²) in [6.45, 7) is 2.01. The maximum atomic E-state index is 12.7. The van der Waals surface area contributed by atoms with Crippen LogP contribution in [0, 0.1) is 0 Å². The molecule has 0 saturated heterocycles. The smallest absolute Gasteiger partial charge is 0.265 e. The van der Waals surface area contributed by atoms with Gasteiger partial charge in [0.15, 0.2) is 0 Å². The number of hydrogen-bond donors (Lipinski definition) is 1. The van der Waals surface area contributed by atoms with E-state index in [4.69, 9.17) is 4.74 Å². The Morgan fingerprint density at radius 3 is 2.77 bits per heavy atom. The molecule has 1 aromatic heterocycles. The number of nitrogens with zero attached hydrogens (tertiary/aromatic N) is 2. The lowest BCUT2D eigenvalue weighted by Crippen LogP contribution is -2.32. The van der Waals surface area contributed by atoms with Gasteiger partial charge in [0.2, 0.25) is 0 Å². The van der Waals surface area contributed by atoms with Crippen LogP contribution in [0.2, 0.25) is 0 Å². The van der Waals surface area contributed by atoms with Crippen molar-refractivity contribution < 1.29 is 9.53 Å². The van der Waals surface area contributed by atoms with Crippen molar-refractivity contribution in [2.75, 3.05) is 7.11 Å². The first-order chi connectivity index (χ1) is 12.7. The average molecular weight is 367 g/mol. The van der Waals surface area contributed by atoms with Gasteiger partial charge in [0, 0.05) is 11.6 Å². The number of ether oxygens (including phenoxy) is 1. The fraction of sp³-hybridized carbons (Fsp3) is 0.250. The molecule has 6 heteroatoms. The number of hydrogen-bond acceptors (Lipinski definition) is 5. The van der Waals surface area contributed by atoms with Gasteiger partial charge in [-0.2, -0.15) is 0 Å². The molecule has 0 aliphatic rings. The van der Waals surface area contributed by atoms with Crippen molar-refractivity contribution >= 4 is 17.4 Å². The lowest BCUT2D eigenvalue weighted by atomic mass is 10.1. The zero-order valence-corrected chi connectivity index (χ0v) is 15.6. The van der Waals surface area contributed by atoms with Crippen LogP contribution in [0.5, 0.6) is 5.75 Å². The first-order valence-corrected chi connectivity index (χ1v) is 9.26. The van der Waals surface area contributed by atoms with Gasteiger partial charge >= 0.3 is 0 Å². The number of carbonyl (C=O) groups excluding carboxylic acids is 1. The Balaban J connectivity index is 1.66. The summed E-state index contributed by atoms with van der Waals surface area (Å²) in [5, 5.41) is 7.19. The second kappa shape index (κ2) is 8.58. The van der Waals surface area contributed by atoms with Gasteiger partial charge in [0.1, 0.15) is 16.3 Å². The third-order valence-corrected chi connectivity index (χ3v) is 4.85. The number of benzene rings is 2. The molecule has 0 aliphatic carbocycles. The molecule has 134 valence electrons. The molecule has 0 saturated carbocycles. The van der Waals surface area contributed by atoms with Crippen LogP contribution in [0.1, 0.15) is 28.6 Å². The van der Waals surface area contributed by atoms with E-state index in [1.807, 2.05) is 49.4 Å². The predicted octanol–water partition coefficient (Wildman–Crippen LogP) is 3.96. The number of amides is 1. The van der Waals surface area contributed by atoms with Gasteiger partial charge in [-0.3, -0.25) is 4.79 Å². The minimum atomic E-state index is -0.140. The molecular formula is C20H21N3O2S. The van der Waals surface area contributed by atoms with Crippen molar-refractivity contribution in [3.8, 4) is 17.0 Å². The van der Waals surface area contributed by atoms with Gasteiger partial charge in [0.25, 0.3) is 5.91 Å². The van der Waals surface area contributed by atoms with E-state index in [1.165, 1.54) is 5.56 Å². The van der Waals surface area contributed by atoms with Crippen LogP contribution in [-0.4, -0.2) is 28.6 Å². The number of aryl methyl sites for hydroxylation is 1. The first kappa shape index (κ1) is 18.1. The van der Waals surface area contributed by atoms with Crippen molar-refractivity contribution in [1.82, 2.24) is 14.9 Å². The van der Waals surface area contributed by atoms with E-state index in [0.29, 0.717) is 10.6 Å². The van der Waals surface area contributed by atoms with E-state index in [1.54, 1.807) is 7.11 Å². The van der Waals surface area contributed by atoms with Crippen LogP contribution < -0.4 is 10.1 Å². The Labute approximate surface area is 157 Å². The van der Waals surface area contributed by atoms with Crippen molar-refractivity contribution in [2.24, 2.45) is 0 Å². The monoisotopic (exact) mass is 367 g/mol. The zero-order valence-electron chi connectivity index (χ0n) is 14.8. The number of aromatic nitrogens is 2. The number of methoxy groups -OCH3 is 1. The Bertz CT molecular complexity index is 864. The van der Waals surface area contributed by atoms with Crippen molar-refractivity contribution in [2.45, 2.75) is 25.8 Å². The molecule has 1 amide bonds. The van der Waals surface area contributed by atoms with Crippen LogP contribution >= 0.6 is 11.5 Å². The molecule has 5 nitrogen and oxygen atoms in total. The maximum Gasteiger partial charge on any atom is 0.265 e. The molecule has 0 unspecified atom stereocenters. The molecule has 0 aliphatic heterocycles. The van der Waals surface area contributed by atoms with Crippen molar-refractivity contribution in [3.63, 3.8) is 0 Å². The number of rotatable bonds is 7. The van der Waals surface area contributed by atoms with Gasteiger partial charge in [-0.1, -0.05) is 47.0 Å². The van der Waals surface area contributed by atoms with E-state index in [0.717, 1.165) is 35.7 Å². The van der Waals surface area contributed by atoms with Crippen molar-refractivity contribution in [1.29, 1.82) is 0 Å². The molecule has 1 heterocycles. The molecule has 0 bridgehead atoms. The highest BCUT2D eigenvalue weighted by atomic mass is 32.1. The van der Waals surface area contributed by atoms with Crippen LogP contribution in [0.4, 0.5) is 0 Å². The quantitative estimate of drug-likeness (QED) is 0.686. The summed E-state index contributed by atoms with van der Waals surface area (Å²) in [5.41, 5.74) is 2.67. The van der Waals surface area contributed by atoms with Gasteiger partial charge in [-0.15, -0.1) is 5.10 Å². The summed E-state index contributed by atoms with van der Waals surface area (Å²) in [6.07, 6.45) is 1.79. The normalized spacial score (nSPS) is 11.8. The molecule has 26 heavy (non-hydrogen) atoms. The Kier molecular flexibility index (Phi) is 5.96. The summed E-state index contributed by atoms with van der Waals surface area (Å²) in [5.74, 6) is 0.580. The largest absolute Gasteiger partial charge is 0.497 e. The van der Waals surface area contributed by atoms with E-state index in [2.05, 4.69) is 27.0 Å². The molecule has 3 rings (SSSR count). The molecular weight excluding hydrogens is 346 g/mol. The third-order valence-electron chi connectivity index (χ3n) is 4.12. The summed E-state index contributed by atoms with van der Waals surface area (Å²) in [4.78, 5) is 13.2. The molecule has 0 radical (unpaired) electrons. The van der Waals surface area contributed by atoms with Gasteiger partial charge < -0.3 is 10.1 Å². The summed E-state index contributed by atoms with van der Waals surface area (Å²) < 4.78 is 9.21. The Hall–Kier alpha value is -2.73. The highest BCUT2D eigenvalue weighted by Crippen LogP contribution is 2.27. The van der Waals surface area contributed by atoms with Crippen LogP contribution in [0.15, 0.2) is 54.6 Å². The fourth-order valence-electron chi connectivity index (χ4n) is 2.69. The Morgan fingerprint density at radius 2 is 2.00 bits per heavy atom. The van der Waals surface area contributed by atoms with Crippen LogP contribution in [-0.2, 0) is 6.42 Å². The van der Waals surface area contributed by atoms with E-state index in [-0.39, 0.29) is 11.9 Å². The van der Waals surface area contributed by atoms with E-state index >= 15 is 0 Å². The van der Waals surface area contributed by atoms with Gasteiger partial charge in [0.05, 0.1) is 7.11 Å². The minimum absolute atomic E-state index is 0.0583. The van der Waals surface area contributed by atoms with Crippen LogP contribution in [0.3, 0.4) is 0 Å². The minimum Gasteiger partial charge on any atom is -0.497 e. The summed E-state index contributed by atoms with van der Waals surface area (Å²) in [6, 6.07) is 17.8. The van der Waals surface area contributed by atoms with Gasteiger partial charge in [-0.05, 0) is 49.0 Å². The second-order valence-corrected chi connectivity index (χ2v) is 6.84. The highest BCUT2D eigenvalue weighted by molar-refractivity contribution is 7.08. The summed E-state index contributed by atoms with van der Waals surface area (Å²) >= 11 is 1.11. The van der Waals surface area contributed by atoms with Crippen LogP contribution in [0.25, 0.3) is 11.3 Å². The van der Waals surface area contributed by atoms with Crippen molar-refractivity contribution in [3.05, 3.63) is 65.0 Å².